The first kappa shape index (κ1) is 14.1. The molecule has 0 saturated heterocycles. The Bertz CT molecular complexity index is 712. The molecule has 3 nitrogen and oxygen atoms in total. The fourth-order valence-electron chi connectivity index (χ4n) is 2.64. The zero-order chi connectivity index (χ0) is 15.0. The lowest BCUT2D eigenvalue weighted by Gasteiger charge is -2.12. The van der Waals surface area contributed by atoms with Gasteiger partial charge in [-0.1, -0.05) is 23.8 Å². The Morgan fingerprint density at radius 2 is 1.90 bits per heavy atom. The standard InChI is InChI=1S/C17H19NO2S/c1-11-4-6-16-13(7-11)9-14(20-16)10-21(19)17-8-12(2)3-5-15(17)18/h3-8,14H,9-10,18H2,1-2H3. The molecule has 3 rings (SSSR count). The summed E-state index contributed by atoms with van der Waals surface area (Å²) in [5.74, 6) is 1.39. The van der Waals surface area contributed by atoms with Crippen LogP contribution in [0.2, 0.25) is 0 Å². The summed E-state index contributed by atoms with van der Waals surface area (Å²) in [6, 6.07) is 11.8. The Kier molecular flexibility index (Phi) is 3.72. The molecule has 1 heterocycles. The van der Waals surface area contributed by atoms with E-state index in [0.29, 0.717) is 16.3 Å². The van der Waals surface area contributed by atoms with Crippen molar-refractivity contribution in [2.45, 2.75) is 31.3 Å². The van der Waals surface area contributed by atoms with Crippen molar-refractivity contribution in [3.05, 3.63) is 53.1 Å². The molecule has 0 spiro atoms. The van der Waals surface area contributed by atoms with Crippen molar-refractivity contribution in [1.29, 1.82) is 0 Å². The van der Waals surface area contributed by atoms with Crippen molar-refractivity contribution in [2.75, 3.05) is 11.5 Å². The maximum Gasteiger partial charge on any atom is 0.123 e. The SMILES string of the molecule is Cc1ccc2c(c1)CC(CS(=O)c1cc(C)ccc1N)O2. The van der Waals surface area contributed by atoms with Crippen molar-refractivity contribution >= 4 is 16.5 Å². The molecule has 1 aliphatic heterocycles. The van der Waals surface area contributed by atoms with Gasteiger partial charge in [0, 0.05) is 12.1 Å². The summed E-state index contributed by atoms with van der Waals surface area (Å²) >= 11 is 0. The van der Waals surface area contributed by atoms with Crippen molar-refractivity contribution in [3.63, 3.8) is 0 Å². The number of anilines is 1. The van der Waals surface area contributed by atoms with Crippen LogP contribution < -0.4 is 10.5 Å². The number of nitrogen functional groups attached to an aromatic ring is 1. The Balaban J connectivity index is 1.74. The maximum atomic E-state index is 12.5. The van der Waals surface area contributed by atoms with E-state index in [4.69, 9.17) is 10.5 Å². The molecule has 2 atom stereocenters. The predicted molar refractivity (Wildman–Crippen MR) is 86.2 cm³/mol. The van der Waals surface area contributed by atoms with Gasteiger partial charge in [0.15, 0.2) is 0 Å². The summed E-state index contributed by atoms with van der Waals surface area (Å²) < 4.78 is 18.4. The van der Waals surface area contributed by atoms with Gasteiger partial charge in [-0.05, 0) is 43.2 Å². The number of fused-ring (bicyclic) bond motifs is 1. The molecular formula is C17H19NO2S. The predicted octanol–water partition coefficient (Wildman–Crippen LogP) is 3.00. The first-order valence-corrected chi connectivity index (χ1v) is 8.35. The van der Waals surface area contributed by atoms with E-state index in [0.717, 1.165) is 17.7 Å². The molecule has 1 aliphatic rings. The number of aryl methyl sites for hydroxylation is 2. The highest BCUT2D eigenvalue weighted by Gasteiger charge is 2.25. The molecular weight excluding hydrogens is 282 g/mol. The fraction of sp³-hybridized carbons (Fsp3) is 0.294. The summed E-state index contributed by atoms with van der Waals surface area (Å²) in [6.45, 7) is 4.05. The molecule has 4 heteroatoms. The van der Waals surface area contributed by atoms with Gasteiger partial charge in [0.1, 0.15) is 11.9 Å². The second kappa shape index (κ2) is 5.53. The highest BCUT2D eigenvalue weighted by molar-refractivity contribution is 7.85. The van der Waals surface area contributed by atoms with Gasteiger partial charge in [0.25, 0.3) is 0 Å². The lowest BCUT2D eigenvalue weighted by atomic mass is 10.1. The van der Waals surface area contributed by atoms with Gasteiger partial charge >= 0.3 is 0 Å². The zero-order valence-electron chi connectivity index (χ0n) is 12.3. The van der Waals surface area contributed by atoms with E-state index in [9.17, 15) is 4.21 Å². The minimum Gasteiger partial charge on any atom is -0.489 e. The number of benzene rings is 2. The average Bonchev–Trinajstić information content (AvgIpc) is 2.82. The second-order valence-electron chi connectivity index (χ2n) is 5.61. The molecule has 21 heavy (non-hydrogen) atoms. The molecule has 2 aromatic rings. The molecule has 0 bridgehead atoms. The number of hydrogen-bond acceptors (Lipinski definition) is 3. The largest absolute Gasteiger partial charge is 0.489 e. The van der Waals surface area contributed by atoms with Crippen molar-refractivity contribution in [2.24, 2.45) is 0 Å². The number of rotatable bonds is 3. The van der Waals surface area contributed by atoms with Gasteiger partial charge in [-0.3, -0.25) is 4.21 Å². The van der Waals surface area contributed by atoms with Gasteiger partial charge in [0.2, 0.25) is 0 Å². The van der Waals surface area contributed by atoms with Crippen LogP contribution in [0.3, 0.4) is 0 Å². The van der Waals surface area contributed by atoms with E-state index in [1.807, 2.05) is 37.3 Å². The van der Waals surface area contributed by atoms with Gasteiger partial charge in [0.05, 0.1) is 21.4 Å². The first-order chi connectivity index (χ1) is 10.0. The lowest BCUT2D eigenvalue weighted by molar-refractivity contribution is 0.258. The van der Waals surface area contributed by atoms with E-state index in [2.05, 4.69) is 13.0 Å². The third-order valence-electron chi connectivity index (χ3n) is 3.71. The third-order valence-corrected chi connectivity index (χ3v) is 5.23. The molecule has 0 amide bonds. The fourth-order valence-corrected chi connectivity index (χ4v) is 3.99. The first-order valence-electron chi connectivity index (χ1n) is 7.03. The molecule has 0 fully saturated rings. The van der Waals surface area contributed by atoms with Crippen LogP contribution in [-0.4, -0.2) is 16.1 Å². The molecule has 0 aliphatic carbocycles. The van der Waals surface area contributed by atoms with Crippen LogP contribution in [0.15, 0.2) is 41.3 Å². The van der Waals surface area contributed by atoms with Crippen LogP contribution in [0.1, 0.15) is 16.7 Å². The van der Waals surface area contributed by atoms with Crippen molar-refractivity contribution < 1.29 is 8.95 Å². The quantitative estimate of drug-likeness (QED) is 0.887. The molecule has 2 aromatic carbocycles. The smallest absolute Gasteiger partial charge is 0.123 e. The Labute approximate surface area is 127 Å². The topological polar surface area (TPSA) is 52.3 Å². The summed E-state index contributed by atoms with van der Waals surface area (Å²) in [5, 5.41) is 0. The van der Waals surface area contributed by atoms with Crippen LogP contribution in [-0.2, 0) is 17.2 Å². The number of hydrogen-bond donors (Lipinski definition) is 1. The van der Waals surface area contributed by atoms with Crippen LogP contribution in [0.5, 0.6) is 5.75 Å². The lowest BCUT2D eigenvalue weighted by Crippen LogP contribution is -2.22. The highest BCUT2D eigenvalue weighted by atomic mass is 32.2. The molecule has 0 saturated carbocycles. The van der Waals surface area contributed by atoms with Gasteiger partial charge < -0.3 is 10.5 Å². The van der Waals surface area contributed by atoms with Crippen molar-refractivity contribution in [1.82, 2.24) is 0 Å². The van der Waals surface area contributed by atoms with Crippen LogP contribution in [0.25, 0.3) is 0 Å². The maximum absolute atomic E-state index is 12.5. The number of nitrogens with two attached hydrogens (primary N) is 1. The van der Waals surface area contributed by atoms with Gasteiger partial charge in [-0.25, -0.2) is 0 Å². The highest BCUT2D eigenvalue weighted by Crippen LogP contribution is 2.30. The molecule has 0 radical (unpaired) electrons. The van der Waals surface area contributed by atoms with Crippen LogP contribution in [0.4, 0.5) is 5.69 Å². The summed E-state index contributed by atoms with van der Waals surface area (Å²) in [6.07, 6.45) is 0.775. The molecule has 110 valence electrons. The summed E-state index contributed by atoms with van der Waals surface area (Å²) in [5.41, 5.74) is 10.0. The van der Waals surface area contributed by atoms with Crippen LogP contribution >= 0.6 is 0 Å². The normalized spacial score (nSPS) is 18.1. The Hall–Kier alpha value is -1.81. The minimum atomic E-state index is -1.14. The van der Waals surface area contributed by atoms with E-state index < -0.39 is 10.8 Å². The molecule has 0 aromatic heterocycles. The van der Waals surface area contributed by atoms with Gasteiger partial charge in [-0.2, -0.15) is 0 Å². The van der Waals surface area contributed by atoms with E-state index >= 15 is 0 Å². The van der Waals surface area contributed by atoms with Crippen molar-refractivity contribution in [3.8, 4) is 5.75 Å². The van der Waals surface area contributed by atoms with E-state index in [1.165, 1.54) is 11.1 Å². The van der Waals surface area contributed by atoms with Crippen LogP contribution in [0, 0.1) is 13.8 Å². The Morgan fingerprint density at radius 1 is 1.19 bits per heavy atom. The van der Waals surface area contributed by atoms with E-state index in [1.54, 1.807) is 0 Å². The summed E-state index contributed by atoms with van der Waals surface area (Å²) in [7, 11) is -1.14. The van der Waals surface area contributed by atoms with E-state index in [-0.39, 0.29) is 6.10 Å². The average molecular weight is 301 g/mol. The zero-order valence-corrected chi connectivity index (χ0v) is 13.1. The number of ether oxygens (including phenoxy) is 1. The summed E-state index contributed by atoms with van der Waals surface area (Å²) in [4.78, 5) is 0.714. The molecule has 2 N–H and O–H groups in total. The Morgan fingerprint density at radius 3 is 2.71 bits per heavy atom. The molecule has 2 unspecified atom stereocenters. The monoisotopic (exact) mass is 301 g/mol. The second-order valence-corrected chi connectivity index (χ2v) is 7.07. The van der Waals surface area contributed by atoms with Gasteiger partial charge in [-0.15, -0.1) is 0 Å². The minimum absolute atomic E-state index is 0.0393. The third kappa shape index (κ3) is 2.95.